The van der Waals surface area contributed by atoms with E-state index in [-0.39, 0.29) is 18.6 Å². The van der Waals surface area contributed by atoms with Crippen LogP contribution >= 0.6 is 34.5 Å². The van der Waals surface area contributed by atoms with Gasteiger partial charge in [0, 0.05) is 13.1 Å². The van der Waals surface area contributed by atoms with Gasteiger partial charge in [-0.2, -0.15) is 0 Å². The third kappa shape index (κ3) is 5.74. The monoisotopic (exact) mass is 468 g/mol. The van der Waals surface area contributed by atoms with E-state index in [4.69, 9.17) is 27.9 Å². The zero-order valence-corrected chi connectivity index (χ0v) is 18.7. The summed E-state index contributed by atoms with van der Waals surface area (Å²) in [5.74, 6) is -1.38. The Kier molecular flexibility index (Phi) is 7.75. The van der Waals surface area contributed by atoms with Crippen molar-refractivity contribution < 1.29 is 19.1 Å². The molecule has 0 radical (unpaired) electrons. The SMILES string of the molecule is CC(NC(=O)COC(=O)C1CCCN(C(=O)c2cccs2)C1)c1ccc(Cl)c(Cl)c1. The highest BCUT2D eigenvalue weighted by Gasteiger charge is 2.30. The molecule has 0 saturated carbocycles. The Hall–Kier alpha value is -2.09. The summed E-state index contributed by atoms with van der Waals surface area (Å²) in [7, 11) is 0. The van der Waals surface area contributed by atoms with Crippen molar-refractivity contribution in [3.05, 3.63) is 56.2 Å². The third-order valence-electron chi connectivity index (χ3n) is 4.94. The van der Waals surface area contributed by atoms with Gasteiger partial charge in [-0.15, -0.1) is 11.3 Å². The minimum absolute atomic E-state index is 0.0734. The van der Waals surface area contributed by atoms with Crippen molar-refractivity contribution >= 4 is 52.3 Å². The standard InChI is InChI=1S/C21H22Cl2N2O4S/c1-13(14-6-7-16(22)17(23)10-14)24-19(26)12-29-21(28)15-4-2-8-25(11-15)20(27)18-5-3-9-30-18/h3,5-7,9-10,13,15H,2,4,8,11-12H2,1H3,(H,24,26). The first kappa shape index (κ1) is 22.6. The number of ether oxygens (including phenoxy) is 1. The van der Waals surface area contributed by atoms with Crippen molar-refractivity contribution in [3.63, 3.8) is 0 Å². The van der Waals surface area contributed by atoms with Crippen molar-refractivity contribution in [3.8, 4) is 0 Å². The van der Waals surface area contributed by atoms with Crippen LogP contribution in [0.25, 0.3) is 0 Å². The zero-order valence-electron chi connectivity index (χ0n) is 16.4. The van der Waals surface area contributed by atoms with Crippen LogP contribution in [0.2, 0.25) is 10.0 Å². The maximum Gasteiger partial charge on any atom is 0.311 e. The van der Waals surface area contributed by atoms with E-state index in [0.29, 0.717) is 34.4 Å². The number of hydrogen-bond acceptors (Lipinski definition) is 5. The highest BCUT2D eigenvalue weighted by Crippen LogP contribution is 2.25. The maximum absolute atomic E-state index is 12.5. The lowest BCUT2D eigenvalue weighted by Gasteiger charge is -2.31. The van der Waals surface area contributed by atoms with Crippen LogP contribution in [-0.4, -0.2) is 42.4 Å². The van der Waals surface area contributed by atoms with Crippen LogP contribution in [-0.2, 0) is 14.3 Å². The van der Waals surface area contributed by atoms with Crippen LogP contribution in [0, 0.1) is 5.92 Å². The molecule has 1 aliphatic rings. The first-order chi connectivity index (χ1) is 14.3. The number of carbonyl (C=O) groups is 3. The topological polar surface area (TPSA) is 75.7 Å². The van der Waals surface area contributed by atoms with Gasteiger partial charge in [0.1, 0.15) is 0 Å². The molecule has 2 aromatic rings. The Morgan fingerprint density at radius 3 is 2.77 bits per heavy atom. The number of amides is 2. The molecule has 6 nitrogen and oxygen atoms in total. The predicted molar refractivity (Wildman–Crippen MR) is 117 cm³/mol. The first-order valence-electron chi connectivity index (χ1n) is 9.59. The van der Waals surface area contributed by atoms with E-state index >= 15 is 0 Å². The number of rotatable bonds is 6. The summed E-state index contributed by atoms with van der Waals surface area (Å²) in [6, 6.07) is 8.39. The molecule has 1 aromatic heterocycles. The number of likely N-dealkylation sites (tertiary alicyclic amines) is 1. The molecule has 2 atom stereocenters. The molecule has 0 aliphatic carbocycles. The van der Waals surface area contributed by atoms with E-state index in [2.05, 4.69) is 5.32 Å². The Morgan fingerprint density at radius 1 is 1.27 bits per heavy atom. The fourth-order valence-electron chi connectivity index (χ4n) is 3.31. The second kappa shape index (κ2) is 10.3. The number of hydrogen-bond donors (Lipinski definition) is 1. The fraction of sp³-hybridized carbons (Fsp3) is 0.381. The van der Waals surface area contributed by atoms with Gasteiger partial charge < -0.3 is 15.0 Å². The predicted octanol–water partition coefficient (Wildman–Crippen LogP) is 4.33. The number of halogens is 2. The molecule has 2 amide bonds. The van der Waals surface area contributed by atoms with Gasteiger partial charge in [-0.3, -0.25) is 14.4 Å². The van der Waals surface area contributed by atoms with Gasteiger partial charge in [0.2, 0.25) is 0 Å². The number of nitrogens with zero attached hydrogens (tertiary/aromatic N) is 1. The molecule has 1 aromatic carbocycles. The van der Waals surface area contributed by atoms with Gasteiger partial charge in [-0.05, 0) is 48.9 Å². The van der Waals surface area contributed by atoms with Crippen LogP contribution in [0.3, 0.4) is 0 Å². The lowest BCUT2D eigenvalue weighted by atomic mass is 9.98. The molecule has 9 heteroatoms. The number of carbonyl (C=O) groups excluding carboxylic acids is 3. The molecule has 1 N–H and O–H groups in total. The number of benzene rings is 1. The lowest BCUT2D eigenvalue weighted by Crippen LogP contribution is -2.43. The second-order valence-electron chi connectivity index (χ2n) is 7.14. The molecule has 0 spiro atoms. The molecule has 1 saturated heterocycles. The average molecular weight is 469 g/mol. The normalized spacial score (nSPS) is 17.3. The number of thiophene rings is 1. The summed E-state index contributed by atoms with van der Waals surface area (Å²) in [6.45, 7) is 2.34. The van der Waals surface area contributed by atoms with Crippen LogP contribution in [0.4, 0.5) is 0 Å². The highest BCUT2D eigenvalue weighted by molar-refractivity contribution is 7.12. The third-order valence-corrected chi connectivity index (χ3v) is 6.54. The molecule has 0 bridgehead atoms. The van der Waals surface area contributed by atoms with E-state index in [0.717, 1.165) is 12.0 Å². The van der Waals surface area contributed by atoms with Crippen molar-refractivity contribution in [1.29, 1.82) is 0 Å². The van der Waals surface area contributed by atoms with Crippen LogP contribution < -0.4 is 5.32 Å². The van der Waals surface area contributed by atoms with Crippen LogP contribution in [0.15, 0.2) is 35.7 Å². The summed E-state index contributed by atoms with van der Waals surface area (Å²) < 4.78 is 5.21. The number of nitrogens with one attached hydrogen (secondary N) is 1. The Bertz CT molecular complexity index is 920. The van der Waals surface area contributed by atoms with Crippen molar-refractivity contribution in [1.82, 2.24) is 10.2 Å². The zero-order chi connectivity index (χ0) is 21.7. The van der Waals surface area contributed by atoms with E-state index in [1.807, 2.05) is 11.4 Å². The Labute approximate surface area is 189 Å². The summed E-state index contributed by atoms with van der Waals surface area (Å²) in [6.07, 6.45) is 1.35. The molecule has 160 valence electrons. The average Bonchev–Trinajstić information content (AvgIpc) is 3.28. The summed E-state index contributed by atoms with van der Waals surface area (Å²) >= 11 is 13.3. The molecule has 1 fully saturated rings. The molecular weight excluding hydrogens is 447 g/mol. The molecule has 1 aliphatic heterocycles. The number of esters is 1. The van der Waals surface area contributed by atoms with Crippen LogP contribution in [0.5, 0.6) is 0 Å². The summed E-state index contributed by atoms with van der Waals surface area (Å²) in [4.78, 5) is 39.4. The minimum Gasteiger partial charge on any atom is -0.455 e. The largest absolute Gasteiger partial charge is 0.455 e. The smallest absolute Gasteiger partial charge is 0.311 e. The van der Waals surface area contributed by atoms with Gasteiger partial charge in [0.25, 0.3) is 11.8 Å². The quantitative estimate of drug-likeness (QED) is 0.640. The Morgan fingerprint density at radius 2 is 2.07 bits per heavy atom. The van der Waals surface area contributed by atoms with Gasteiger partial charge >= 0.3 is 5.97 Å². The van der Waals surface area contributed by atoms with Crippen LogP contribution in [0.1, 0.15) is 41.0 Å². The molecule has 30 heavy (non-hydrogen) atoms. The van der Waals surface area contributed by atoms with E-state index in [9.17, 15) is 14.4 Å². The lowest BCUT2D eigenvalue weighted by molar-refractivity contribution is -0.154. The maximum atomic E-state index is 12.5. The van der Waals surface area contributed by atoms with E-state index < -0.39 is 17.8 Å². The van der Waals surface area contributed by atoms with Gasteiger partial charge in [0.15, 0.2) is 6.61 Å². The van der Waals surface area contributed by atoms with Gasteiger partial charge in [-0.1, -0.05) is 35.3 Å². The first-order valence-corrected chi connectivity index (χ1v) is 11.2. The van der Waals surface area contributed by atoms with Crippen molar-refractivity contribution in [2.24, 2.45) is 5.92 Å². The molecule has 2 unspecified atom stereocenters. The molecule has 2 heterocycles. The minimum atomic E-state index is -0.462. The number of piperidine rings is 1. The molecule has 3 rings (SSSR count). The summed E-state index contributed by atoms with van der Waals surface area (Å²) in [5.41, 5.74) is 0.791. The van der Waals surface area contributed by atoms with Crippen molar-refractivity contribution in [2.45, 2.75) is 25.8 Å². The molecular formula is C21H22Cl2N2O4S. The highest BCUT2D eigenvalue weighted by atomic mass is 35.5. The summed E-state index contributed by atoms with van der Waals surface area (Å²) in [5, 5.41) is 5.45. The van der Waals surface area contributed by atoms with E-state index in [1.165, 1.54) is 11.3 Å². The van der Waals surface area contributed by atoms with Gasteiger partial charge in [0.05, 0.1) is 26.9 Å². The van der Waals surface area contributed by atoms with Crippen molar-refractivity contribution in [2.75, 3.05) is 19.7 Å². The Balaban J connectivity index is 1.47. The fourth-order valence-corrected chi connectivity index (χ4v) is 4.31. The second-order valence-corrected chi connectivity index (χ2v) is 8.90. The van der Waals surface area contributed by atoms with E-state index in [1.54, 1.807) is 36.1 Å². The van der Waals surface area contributed by atoms with Gasteiger partial charge in [-0.25, -0.2) is 0 Å².